The Hall–Kier alpha value is -3.10. The van der Waals surface area contributed by atoms with E-state index in [1.807, 2.05) is 19.2 Å². The van der Waals surface area contributed by atoms with Gasteiger partial charge in [-0.2, -0.15) is 0 Å². The number of likely N-dealkylation sites (N-methyl/N-ethyl adjacent to an activating group) is 1. The van der Waals surface area contributed by atoms with Crippen molar-refractivity contribution in [2.75, 3.05) is 59.7 Å². The molecule has 2 N–H and O–H groups in total. The highest BCUT2D eigenvalue weighted by molar-refractivity contribution is 5.85. The Morgan fingerprint density at radius 3 is 1.71 bits per heavy atom. The molecular formula is C23H29N3O5. The maximum Gasteiger partial charge on any atom is 0.166 e. The molecule has 2 aromatic rings. The van der Waals surface area contributed by atoms with Crippen molar-refractivity contribution >= 4 is 12.4 Å². The smallest absolute Gasteiger partial charge is 0.166 e. The average Bonchev–Trinajstić information content (AvgIpc) is 2.76. The van der Waals surface area contributed by atoms with Crippen LogP contribution in [0.4, 0.5) is 0 Å². The van der Waals surface area contributed by atoms with Crippen molar-refractivity contribution in [1.82, 2.24) is 4.90 Å². The summed E-state index contributed by atoms with van der Waals surface area (Å²) in [7, 11) is 2.00. The molecule has 1 aliphatic rings. The van der Waals surface area contributed by atoms with E-state index < -0.39 is 0 Å². The van der Waals surface area contributed by atoms with Crippen LogP contribution in [-0.4, -0.2) is 87.2 Å². The fourth-order valence-electron chi connectivity index (χ4n) is 2.94. The van der Waals surface area contributed by atoms with Crippen LogP contribution in [0.3, 0.4) is 0 Å². The van der Waals surface area contributed by atoms with Gasteiger partial charge in [-0.3, -0.25) is 9.98 Å². The molecular weight excluding hydrogens is 398 g/mol. The first-order valence-corrected chi connectivity index (χ1v) is 10.3. The molecule has 0 spiro atoms. The van der Waals surface area contributed by atoms with Crippen LogP contribution in [0.5, 0.6) is 23.0 Å². The normalized spacial score (nSPS) is 17.1. The number of phenols is 2. The second kappa shape index (κ2) is 11.9. The van der Waals surface area contributed by atoms with Crippen LogP contribution in [0.1, 0.15) is 11.1 Å². The van der Waals surface area contributed by atoms with Gasteiger partial charge in [0, 0.05) is 36.6 Å². The predicted octanol–water partition coefficient (Wildman–Crippen LogP) is 2.36. The number of fused-ring (bicyclic) bond motifs is 4. The third-order valence-electron chi connectivity index (χ3n) is 4.71. The highest BCUT2D eigenvalue weighted by atomic mass is 16.5. The molecule has 0 aromatic heterocycles. The number of ether oxygens (including phenoxy) is 3. The molecule has 0 saturated carbocycles. The van der Waals surface area contributed by atoms with Crippen molar-refractivity contribution in [2.24, 2.45) is 9.98 Å². The third kappa shape index (κ3) is 6.97. The highest BCUT2D eigenvalue weighted by Gasteiger charge is 2.08. The largest absolute Gasteiger partial charge is 0.504 e. The van der Waals surface area contributed by atoms with Crippen LogP contribution in [0.2, 0.25) is 0 Å². The van der Waals surface area contributed by atoms with Crippen LogP contribution in [0.15, 0.2) is 46.4 Å². The summed E-state index contributed by atoms with van der Waals surface area (Å²) < 4.78 is 16.8. The van der Waals surface area contributed by atoms with Crippen molar-refractivity contribution < 1.29 is 24.4 Å². The lowest BCUT2D eigenvalue weighted by atomic mass is 10.2. The number of aliphatic imine (C=N–C) groups is 2. The Labute approximate surface area is 182 Å². The van der Waals surface area contributed by atoms with Gasteiger partial charge in [0.2, 0.25) is 0 Å². The number of hydrogen-bond acceptors (Lipinski definition) is 8. The van der Waals surface area contributed by atoms with Gasteiger partial charge in [-0.25, -0.2) is 0 Å². The molecule has 8 nitrogen and oxygen atoms in total. The minimum absolute atomic E-state index is 0.0646. The summed E-state index contributed by atoms with van der Waals surface area (Å²) in [5.41, 5.74) is 1.23. The summed E-state index contributed by atoms with van der Waals surface area (Å²) in [4.78, 5) is 10.9. The standard InChI is InChI=1S/C23H29N3O5/c1-26-10-8-24-16-18-4-2-6-20(22(18)27)30-14-12-29-13-15-31-21-7-3-5-19(23(21)28)17-25-9-11-26/h2-7,16-17,27-28H,8-15H2,1H3. The first-order valence-electron chi connectivity index (χ1n) is 10.3. The lowest BCUT2D eigenvalue weighted by Gasteiger charge is -2.14. The zero-order chi connectivity index (χ0) is 21.9. The highest BCUT2D eigenvalue weighted by Crippen LogP contribution is 2.29. The second-order valence-corrected chi connectivity index (χ2v) is 7.07. The Morgan fingerprint density at radius 1 is 0.742 bits per heavy atom. The van der Waals surface area contributed by atoms with E-state index in [1.165, 1.54) is 0 Å². The predicted molar refractivity (Wildman–Crippen MR) is 120 cm³/mol. The van der Waals surface area contributed by atoms with E-state index in [0.717, 1.165) is 13.1 Å². The van der Waals surface area contributed by atoms with Crippen LogP contribution >= 0.6 is 0 Å². The Morgan fingerprint density at radius 2 is 1.23 bits per heavy atom. The summed E-state index contributed by atoms with van der Waals surface area (Å²) in [5.74, 6) is 0.912. The van der Waals surface area contributed by atoms with Crippen molar-refractivity contribution in [3.8, 4) is 23.0 Å². The Bertz CT molecular complexity index is 829. The topological polar surface area (TPSA) is 96.1 Å². The van der Waals surface area contributed by atoms with Gasteiger partial charge in [0.25, 0.3) is 0 Å². The molecule has 0 saturated heterocycles. The quantitative estimate of drug-likeness (QED) is 0.670. The summed E-state index contributed by atoms with van der Waals surface area (Å²) in [6, 6.07) is 10.6. The van der Waals surface area contributed by atoms with E-state index in [1.54, 1.807) is 36.7 Å². The molecule has 0 fully saturated rings. The third-order valence-corrected chi connectivity index (χ3v) is 4.71. The van der Waals surface area contributed by atoms with Gasteiger partial charge in [0.15, 0.2) is 23.0 Å². The lowest BCUT2D eigenvalue weighted by Crippen LogP contribution is -2.24. The molecule has 1 aliphatic heterocycles. The Kier molecular flexibility index (Phi) is 8.69. The molecule has 0 unspecified atom stereocenters. The van der Waals surface area contributed by atoms with Crippen molar-refractivity contribution in [1.29, 1.82) is 0 Å². The van der Waals surface area contributed by atoms with Gasteiger partial charge in [-0.05, 0) is 31.3 Å². The maximum absolute atomic E-state index is 10.4. The van der Waals surface area contributed by atoms with E-state index in [2.05, 4.69) is 14.9 Å². The average molecular weight is 428 g/mol. The minimum atomic E-state index is 0.0646. The van der Waals surface area contributed by atoms with Gasteiger partial charge in [0.1, 0.15) is 13.2 Å². The molecule has 0 aliphatic carbocycles. The molecule has 8 heteroatoms. The monoisotopic (exact) mass is 427 g/mol. The Balaban J connectivity index is 1.67. The summed E-state index contributed by atoms with van der Waals surface area (Å²) in [6.45, 7) is 3.96. The molecule has 0 amide bonds. The van der Waals surface area contributed by atoms with Crippen LogP contribution in [0.25, 0.3) is 0 Å². The fourth-order valence-corrected chi connectivity index (χ4v) is 2.94. The zero-order valence-electron chi connectivity index (χ0n) is 17.7. The minimum Gasteiger partial charge on any atom is -0.504 e. The molecule has 0 atom stereocenters. The van der Waals surface area contributed by atoms with E-state index >= 15 is 0 Å². The van der Waals surface area contributed by atoms with Crippen molar-refractivity contribution in [3.05, 3.63) is 47.5 Å². The van der Waals surface area contributed by atoms with Crippen molar-refractivity contribution in [2.45, 2.75) is 0 Å². The van der Waals surface area contributed by atoms with E-state index in [9.17, 15) is 10.2 Å². The van der Waals surface area contributed by atoms with Gasteiger partial charge < -0.3 is 29.3 Å². The summed E-state index contributed by atoms with van der Waals surface area (Å²) in [5, 5.41) is 20.8. The molecule has 1 heterocycles. The number of hydrogen-bond donors (Lipinski definition) is 2. The first-order chi connectivity index (χ1) is 15.1. The van der Waals surface area contributed by atoms with E-state index in [0.29, 0.717) is 48.9 Å². The molecule has 31 heavy (non-hydrogen) atoms. The number of nitrogens with zero attached hydrogens (tertiary/aromatic N) is 3. The van der Waals surface area contributed by atoms with Gasteiger partial charge in [0.05, 0.1) is 26.3 Å². The van der Waals surface area contributed by atoms with Crippen molar-refractivity contribution in [3.63, 3.8) is 0 Å². The number of benzene rings is 2. The zero-order valence-corrected chi connectivity index (χ0v) is 17.7. The van der Waals surface area contributed by atoms with Gasteiger partial charge >= 0.3 is 0 Å². The molecule has 166 valence electrons. The van der Waals surface area contributed by atoms with E-state index in [4.69, 9.17) is 14.2 Å². The number of rotatable bonds is 0. The summed E-state index contributed by atoms with van der Waals surface area (Å²) in [6.07, 6.45) is 3.31. The van der Waals surface area contributed by atoms with Crippen LogP contribution in [0, 0.1) is 0 Å². The molecule has 2 aromatic carbocycles. The van der Waals surface area contributed by atoms with Crippen LogP contribution in [-0.2, 0) is 4.74 Å². The molecule has 3 rings (SSSR count). The number of aromatic hydroxyl groups is 2. The summed E-state index contributed by atoms with van der Waals surface area (Å²) >= 11 is 0. The number of phenolic OH excluding ortho intramolecular Hbond substituents is 2. The molecule has 0 radical (unpaired) electrons. The maximum atomic E-state index is 10.4. The fraction of sp³-hybridized carbons (Fsp3) is 0.391. The lowest BCUT2D eigenvalue weighted by molar-refractivity contribution is 0.0751. The second-order valence-electron chi connectivity index (χ2n) is 7.07. The van der Waals surface area contributed by atoms with E-state index in [-0.39, 0.29) is 24.7 Å². The van der Waals surface area contributed by atoms with Gasteiger partial charge in [-0.1, -0.05) is 12.1 Å². The van der Waals surface area contributed by atoms with Crippen LogP contribution < -0.4 is 9.47 Å². The first kappa shape index (κ1) is 22.6. The molecule has 4 bridgehead atoms. The van der Waals surface area contributed by atoms with Gasteiger partial charge in [-0.15, -0.1) is 0 Å². The SMILES string of the molecule is CN1CCN=Cc2cccc(c2O)OCCOCCOc2cccc(c2O)C=NCC1. The number of para-hydroxylation sites is 2.